The van der Waals surface area contributed by atoms with Gasteiger partial charge in [0.15, 0.2) is 0 Å². The number of aryl methyl sites for hydroxylation is 1. The number of nitriles is 1. The Kier molecular flexibility index (Phi) is 5.37. The molecule has 2 nitrogen and oxygen atoms in total. The van der Waals surface area contributed by atoms with Crippen molar-refractivity contribution in [3.8, 4) is 11.8 Å². The summed E-state index contributed by atoms with van der Waals surface area (Å²) < 4.78 is 8.84. The van der Waals surface area contributed by atoms with E-state index in [1.807, 2.05) is 0 Å². The maximum Gasteiger partial charge on any atom is 0.147 e. The number of benzene rings is 2. The minimum Gasteiger partial charge on any atom is -0.491 e. The summed E-state index contributed by atoms with van der Waals surface area (Å²) in [6, 6.07) is 14.3. The molecule has 0 spiro atoms. The second-order valence-corrected chi connectivity index (χ2v) is 7.71. The molecule has 0 unspecified atom stereocenters. The van der Waals surface area contributed by atoms with E-state index in [1.54, 1.807) is 23.5 Å². The highest BCUT2D eigenvalue weighted by Crippen LogP contribution is 2.35. The quantitative estimate of drug-likeness (QED) is 0.426. The Morgan fingerprint density at radius 1 is 1.13 bits per heavy atom. The van der Waals surface area contributed by atoms with Gasteiger partial charge in [-0.3, -0.25) is 0 Å². The van der Waals surface area contributed by atoms with Crippen LogP contribution >= 0.6 is 43.2 Å². The number of nitrogens with zero attached hydrogens (tertiary/aromatic N) is 1. The van der Waals surface area contributed by atoms with Gasteiger partial charge < -0.3 is 4.74 Å². The average molecular weight is 451 g/mol. The lowest BCUT2D eigenvalue weighted by Crippen LogP contribution is -2.01. The van der Waals surface area contributed by atoms with E-state index in [1.165, 1.54) is 15.6 Å². The molecule has 116 valence electrons. The van der Waals surface area contributed by atoms with Gasteiger partial charge in [-0.25, -0.2) is 0 Å². The highest BCUT2D eigenvalue weighted by atomic mass is 79.9. The topological polar surface area (TPSA) is 33.0 Å². The lowest BCUT2D eigenvalue weighted by atomic mass is 10.1. The molecule has 3 aromatic rings. The van der Waals surface area contributed by atoms with Crippen molar-refractivity contribution in [2.24, 2.45) is 0 Å². The van der Waals surface area contributed by atoms with Gasteiger partial charge in [-0.05, 0) is 79.2 Å². The first-order valence-corrected chi connectivity index (χ1v) is 9.62. The zero-order chi connectivity index (χ0) is 16.2. The van der Waals surface area contributed by atoms with Crippen molar-refractivity contribution < 1.29 is 4.74 Å². The van der Waals surface area contributed by atoms with Gasteiger partial charge >= 0.3 is 0 Å². The zero-order valence-corrected chi connectivity index (χ0v) is 16.2. The summed E-state index contributed by atoms with van der Waals surface area (Å²) in [5, 5.41) is 12.4. The van der Waals surface area contributed by atoms with Gasteiger partial charge in [-0.1, -0.05) is 18.2 Å². The first kappa shape index (κ1) is 16.5. The predicted octanol–water partition coefficient (Wildman–Crippen LogP) is 6.31. The number of hydrogen-bond donors (Lipinski definition) is 0. The first-order chi connectivity index (χ1) is 11.2. The molecule has 1 heterocycles. The predicted molar refractivity (Wildman–Crippen MR) is 102 cm³/mol. The Bertz CT molecular complexity index is 859. The number of hydrogen-bond acceptors (Lipinski definition) is 3. The molecule has 0 aliphatic rings. The largest absolute Gasteiger partial charge is 0.491 e. The molecule has 0 bridgehead atoms. The fraction of sp³-hybridized carbons (Fsp3) is 0.167. The first-order valence-electron chi connectivity index (χ1n) is 7.16. The Balaban J connectivity index is 1.62. The summed E-state index contributed by atoms with van der Waals surface area (Å²) in [4.78, 5) is 0. The summed E-state index contributed by atoms with van der Waals surface area (Å²) in [7, 11) is 0. The molecule has 0 amide bonds. The fourth-order valence-electron chi connectivity index (χ4n) is 2.45. The molecule has 5 heteroatoms. The molecule has 0 radical (unpaired) electrons. The van der Waals surface area contributed by atoms with Crippen LogP contribution in [0.4, 0.5) is 0 Å². The van der Waals surface area contributed by atoms with E-state index in [-0.39, 0.29) is 0 Å². The van der Waals surface area contributed by atoms with Crippen molar-refractivity contribution >= 4 is 53.3 Å². The maximum atomic E-state index is 8.95. The molecule has 0 fully saturated rings. The Morgan fingerprint density at radius 2 is 1.91 bits per heavy atom. The molecule has 23 heavy (non-hydrogen) atoms. The molecule has 0 saturated heterocycles. The Morgan fingerprint density at radius 3 is 2.65 bits per heavy atom. The third-order valence-corrected chi connectivity index (χ3v) is 5.71. The molecule has 0 aliphatic heterocycles. The third kappa shape index (κ3) is 3.77. The van der Waals surface area contributed by atoms with Crippen LogP contribution < -0.4 is 4.74 Å². The van der Waals surface area contributed by atoms with Crippen molar-refractivity contribution in [2.75, 3.05) is 6.61 Å². The molecule has 0 saturated carbocycles. The summed E-state index contributed by atoms with van der Waals surface area (Å²) in [5.74, 6) is 0.748. The highest BCUT2D eigenvalue weighted by Gasteiger charge is 2.09. The van der Waals surface area contributed by atoms with Gasteiger partial charge in [-0.2, -0.15) is 5.26 Å². The van der Waals surface area contributed by atoms with Gasteiger partial charge in [0.2, 0.25) is 0 Å². The van der Waals surface area contributed by atoms with Crippen molar-refractivity contribution in [1.82, 2.24) is 0 Å². The molecular weight excluding hydrogens is 438 g/mol. The number of thiophene rings is 1. The lowest BCUT2D eigenvalue weighted by molar-refractivity contribution is 0.307. The molecule has 0 N–H and O–H groups in total. The van der Waals surface area contributed by atoms with Gasteiger partial charge in [0.1, 0.15) is 5.75 Å². The molecule has 0 aliphatic carbocycles. The van der Waals surface area contributed by atoms with Crippen LogP contribution in [0.5, 0.6) is 5.75 Å². The number of ether oxygens (including phenoxy) is 1. The molecule has 3 rings (SSSR count). The van der Waals surface area contributed by atoms with E-state index < -0.39 is 0 Å². The summed E-state index contributed by atoms with van der Waals surface area (Å²) in [6.45, 7) is 0.630. The van der Waals surface area contributed by atoms with Crippen LogP contribution in [0.15, 0.2) is 50.7 Å². The standard InChI is InChI=1S/C18H13Br2NOS/c19-15-9-12(11-21)10-16(20)17(15)22-7-2-5-13-3-1-4-14-6-8-23-18(13)14/h1,3-4,6,8-10H,2,5,7H2. The van der Waals surface area contributed by atoms with Crippen LogP contribution in [-0.2, 0) is 6.42 Å². The molecule has 2 aromatic carbocycles. The minimum absolute atomic E-state index is 0.598. The zero-order valence-electron chi connectivity index (χ0n) is 12.2. The van der Waals surface area contributed by atoms with Gasteiger partial charge in [0.05, 0.1) is 27.2 Å². The normalized spacial score (nSPS) is 10.7. The van der Waals surface area contributed by atoms with Crippen molar-refractivity contribution in [3.05, 3.63) is 61.9 Å². The minimum atomic E-state index is 0.598. The monoisotopic (exact) mass is 449 g/mol. The van der Waals surface area contributed by atoms with Crippen LogP contribution in [0.3, 0.4) is 0 Å². The Labute approximate surface area is 156 Å². The Hall–Kier alpha value is -1.35. The number of rotatable bonds is 5. The summed E-state index contributed by atoms with van der Waals surface area (Å²) >= 11 is 8.71. The van der Waals surface area contributed by atoms with Crippen LogP contribution in [0.25, 0.3) is 10.1 Å². The second-order valence-electron chi connectivity index (χ2n) is 5.09. The van der Waals surface area contributed by atoms with Crippen LogP contribution in [-0.4, -0.2) is 6.61 Å². The van der Waals surface area contributed by atoms with E-state index in [0.717, 1.165) is 27.5 Å². The molecule has 1 aromatic heterocycles. The van der Waals surface area contributed by atoms with E-state index in [9.17, 15) is 0 Å². The van der Waals surface area contributed by atoms with Crippen LogP contribution in [0.2, 0.25) is 0 Å². The van der Waals surface area contributed by atoms with E-state index in [0.29, 0.717) is 12.2 Å². The number of halogens is 2. The molecule has 0 atom stereocenters. The van der Waals surface area contributed by atoms with E-state index in [4.69, 9.17) is 10.00 Å². The van der Waals surface area contributed by atoms with Crippen LogP contribution in [0, 0.1) is 11.3 Å². The SMILES string of the molecule is N#Cc1cc(Br)c(OCCCc2cccc3ccsc23)c(Br)c1. The fourth-order valence-corrected chi connectivity index (χ4v) is 4.81. The molecular formula is C18H13Br2NOS. The van der Waals surface area contributed by atoms with Crippen LogP contribution in [0.1, 0.15) is 17.5 Å². The van der Waals surface area contributed by atoms with Gasteiger partial charge in [-0.15, -0.1) is 11.3 Å². The van der Waals surface area contributed by atoms with E-state index >= 15 is 0 Å². The second kappa shape index (κ2) is 7.48. The smallest absolute Gasteiger partial charge is 0.147 e. The van der Waals surface area contributed by atoms with Crippen molar-refractivity contribution in [3.63, 3.8) is 0 Å². The number of fused-ring (bicyclic) bond motifs is 1. The maximum absolute atomic E-state index is 8.95. The van der Waals surface area contributed by atoms with E-state index in [2.05, 4.69) is 67.6 Å². The third-order valence-electron chi connectivity index (χ3n) is 3.52. The van der Waals surface area contributed by atoms with Gasteiger partial charge in [0.25, 0.3) is 0 Å². The lowest BCUT2D eigenvalue weighted by Gasteiger charge is -2.11. The average Bonchev–Trinajstić information content (AvgIpc) is 3.02. The van der Waals surface area contributed by atoms with Crippen molar-refractivity contribution in [1.29, 1.82) is 5.26 Å². The van der Waals surface area contributed by atoms with Gasteiger partial charge in [0, 0.05) is 4.70 Å². The summed E-state index contributed by atoms with van der Waals surface area (Å²) in [5.41, 5.74) is 1.97. The highest BCUT2D eigenvalue weighted by molar-refractivity contribution is 9.11. The summed E-state index contributed by atoms with van der Waals surface area (Å²) in [6.07, 6.45) is 1.93. The van der Waals surface area contributed by atoms with Crippen molar-refractivity contribution in [2.45, 2.75) is 12.8 Å².